The van der Waals surface area contributed by atoms with Crippen LogP contribution in [0.2, 0.25) is 0 Å². The third kappa shape index (κ3) is 3.37. The van der Waals surface area contributed by atoms with Crippen molar-refractivity contribution in [2.45, 2.75) is 38.5 Å². The molecule has 1 aromatic rings. The van der Waals surface area contributed by atoms with Gasteiger partial charge in [0, 0.05) is 17.8 Å². The van der Waals surface area contributed by atoms with Crippen LogP contribution in [0.5, 0.6) is 0 Å². The normalized spacial score (nSPS) is 17.3. The Morgan fingerprint density at radius 2 is 1.76 bits per heavy atom. The van der Waals surface area contributed by atoms with Crippen LogP contribution in [0.1, 0.15) is 38.5 Å². The third-order valence-corrected chi connectivity index (χ3v) is 3.94. The Morgan fingerprint density at radius 1 is 1.19 bits per heavy atom. The number of nitrogens with one attached hydrogen (secondary N) is 1. The van der Waals surface area contributed by atoms with Gasteiger partial charge in [0.1, 0.15) is 5.41 Å². The number of carbonyl (C=O) groups is 1. The van der Waals surface area contributed by atoms with Crippen molar-refractivity contribution in [3.05, 3.63) is 34.4 Å². The van der Waals surface area contributed by atoms with Gasteiger partial charge in [0.15, 0.2) is 0 Å². The van der Waals surface area contributed by atoms with Gasteiger partial charge in [0.2, 0.25) is 5.91 Å². The number of nitro groups is 1. The molecule has 0 heterocycles. The molecule has 0 atom stereocenters. The lowest BCUT2D eigenvalue weighted by Gasteiger charge is -2.23. The lowest BCUT2D eigenvalue weighted by Crippen LogP contribution is -2.34. The van der Waals surface area contributed by atoms with E-state index in [0.29, 0.717) is 18.5 Å². The van der Waals surface area contributed by atoms with E-state index in [2.05, 4.69) is 11.4 Å². The second-order valence-electron chi connectivity index (χ2n) is 5.37. The molecule has 1 aliphatic rings. The minimum atomic E-state index is -0.974. The molecular weight excluding hydrogens is 270 g/mol. The molecule has 1 saturated carbocycles. The molecule has 0 aliphatic heterocycles. The first-order valence-corrected chi connectivity index (χ1v) is 7.04. The highest BCUT2D eigenvalue weighted by molar-refractivity contribution is 5.97. The van der Waals surface area contributed by atoms with Crippen molar-refractivity contribution in [1.29, 1.82) is 5.26 Å². The summed E-state index contributed by atoms with van der Waals surface area (Å²) in [6, 6.07) is 7.82. The van der Waals surface area contributed by atoms with E-state index < -0.39 is 10.3 Å². The highest BCUT2D eigenvalue weighted by Crippen LogP contribution is 2.35. The first-order chi connectivity index (χ1) is 10.1. The molecule has 0 unspecified atom stereocenters. The number of carbonyl (C=O) groups excluding carboxylic acids is 1. The number of amides is 1. The lowest BCUT2D eigenvalue weighted by atomic mass is 9.81. The zero-order valence-corrected chi connectivity index (χ0v) is 11.7. The summed E-state index contributed by atoms with van der Waals surface area (Å²) < 4.78 is 0. The summed E-state index contributed by atoms with van der Waals surface area (Å²) in [5, 5.41) is 22.7. The minimum absolute atomic E-state index is 0.0301. The largest absolute Gasteiger partial charge is 0.325 e. The van der Waals surface area contributed by atoms with Gasteiger partial charge in [-0.05, 0) is 25.0 Å². The van der Waals surface area contributed by atoms with Crippen LogP contribution in [0.15, 0.2) is 24.3 Å². The maximum absolute atomic E-state index is 12.4. The van der Waals surface area contributed by atoms with Crippen LogP contribution < -0.4 is 5.32 Å². The number of nitro benzene ring substituents is 1. The molecule has 1 N–H and O–H groups in total. The van der Waals surface area contributed by atoms with Gasteiger partial charge in [-0.3, -0.25) is 14.9 Å². The van der Waals surface area contributed by atoms with Gasteiger partial charge >= 0.3 is 0 Å². The first kappa shape index (κ1) is 15.0. The predicted molar refractivity (Wildman–Crippen MR) is 77.5 cm³/mol. The molecule has 0 spiro atoms. The fraction of sp³-hybridized carbons (Fsp3) is 0.467. The number of non-ortho nitro benzene ring substituents is 1. The van der Waals surface area contributed by atoms with Crippen LogP contribution in [0.25, 0.3) is 0 Å². The Kier molecular flexibility index (Phi) is 4.53. The Labute approximate surface area is 122 Å². The third-order valence-electron chi connectivity index (χ3n) is 3.94. The van der Waals surface area contributed by atoms with Crippen LogP contribution in [0.4, 0.5) is 11.4 Å². The molecule has 1 fully saturated rings. The molecule has 1 amide bonds. The van der Waals surface area contributed by atoms with E-state index in [1.54, 1.807) is 0 Å². The topological polar surface area (TPSA) is 96.0 Å². The molecule has 0 radical (unpaired) electrons. The number of nitriles is 1. The number of hydrogen-bond acceptors (Lipinski definition) is 4. The summed E-state index contributed by atoms with van der Waals surface area (Å²) >= 11 is 0. The van der Waals surface area contributed by atoms with Gasteiger partial charge in [0.05, 0.1) is 11.0 Å². The van der Waals surface area contributed by atoms with Crippen LogP contribution in [-0.2, 0) is 4.79 Å². The van der Waals surface area contributed by atoms with E-state index in [0.717, 1.165) is 25.7 Å². The fourth-order valence-corrected chi connectivity index (χ4v) is 2.64. The highest BCUT2D eigenvalue weighted by Gasteiger charge is 2.38. The second-order valence-corrected chi connectivity index (χ2v) is 5.37. The molecule has 0 aromatic heterocycles. The SMILES string of the molecule is N#CC1(C(=O)Nc2ccc([N+](=O)[O-])cc2)CCCCCC1. The van der Waals surface area contributed by atoms with Gasteiger partial charge in [-0.15, -0.1) is 0 Å². The quantitative estimate of drug-likeness (QED) is 0.523. The Bertz CT molecular complexity index is 567. The fourth-order valence-electron chi connectivity index (χ4n) is 2.64. The van der Waals surface area contributed by atoms with Crippen molar-refractivity contribution in [2.75, 3.05) is 5.32 Å². The average molecular weight is 287 g/mol. The van der Waals surface area contributed by atoms with Crippen molar-refractivity contribution in [1.82, 2.24) is 0 Å². The van der Waals surface area contributed by atoms with Crippen LogP contribution in [0, 0.1) is 26.9 Å². The van der Waals surface area contributed by atoms with E-state index in [9.17, 15) is 20.2 Å². The van der Waals surface area contributed by atoms with Crippen molar-refractivity contribution in [2.24, 2.45) is 5.41 Å². The molecule has 2 rings (SSSR count). The number of anilines is 1. The van der Waals surface area contributed by atoms with E-state index in [4.69, 9.17) is 0 Å². The molecule has 1 aromatic carbocycles. The van der Waals surface area contributed by atoms with E-state index in [1.807, 2.05) is 0 Å². The highest BCUT2D eigenvalue weighted by atomic mass is 16.6. The average Bonchev–Trinajstić information content (AvgIpc) is 2.74. The molecule has 110 valence electrons. The van der Waals surface area contributed by atoms with Gasteiger partial charge in [0.25, 0.3) is 5.69 Å². The maximum atomic E-state index is 12.4. The first-order valence-electron chi connectivity index (χ1n) is 7.04. The van der Waals surface area contributed by atoms with Crippen molar-refractivity contribution in [3.63, 3.8) is 0 Å². The van der Waals surface area contributed by atoms with Crippen LogP contribution >= 0.6 is 0 Å². The predicted octanol–water partition coefficient (Wildman–Crippen LogP) is 3.40. The molecule has 0 bridgehead atoms. The summed E-state index contributed by atoms with van der Waals surface area (Å²) in [4.78, 5) is 22.5. The maximum Gasteiger partial charge on any atom is 0.269 e. The summed E-state index contributed by atoms with van der Waals surface area (Å²) in [5.74, 6) is -0.305. The minimum Gasteiger partial charge on any atom is -0.325 e. The number of benzene rings is 1. The summed E-state index contributed by atoms with van der Waals surface area (Å²) in [7, 11) is 0. The number of nitrogens with zero attached hydrogens (tertiary/aromatic N) is 2. The molecule has 6 nitrogen and oxygen atoms in total. The molecule has 1 aliphatic carbocycles. The second kappa shape index (κ2) is 6.35. The van der Waals surface area contributed by atoms with Crippen LogP contribution in [0.3, 0.4) is 0 Å². The molecule has 21 heavy (non-hydrogen) atoms. The van der Waals surface area contributed by atoms with Crippen molar-refractivity contribution >= 4 is 17.3 Å². The van der Waals surface area contributed by atoms with E-state index in [1.165, 1.54) is 24.3 Å². The Balaban J connectivity index is 2.12. The number of rotatable bonds is 3. The summed E-state index contributed by atoms with van der Waals surface area (Å²) in [6.45, 7) is 0. The van der Waals surface area contributed by atoms with E-state index >= 15 is 0 Å². The number of hydrogen-bond donors (Lipinski definition) is 1. The zero-order valence-electron chi connectivity index (χ0n) is 11.7. The molecular formula is C15H17N3O3. The lowest BCUT2D eigenvalue weighted by molar-refractivity contribution is -0.384. The van der Waals surface area contributed by atoms with Crippen molar-refractivity contribution in [3.8, 4) is 6.07 Å². The van der Waals surface area contributed by atoms with Crippen molar-refractivity contribution < 1.29 is 9.72 Å². The Morgan fingerprint density at radius 3 is 2.24 bits per heavy atom. The standard InChI is InChI=1S/C15H17N3O3/c16-11-15(9-3-1-2-4-10-15)14(19)17-12-5-7-13(8-6-12)18(20)21/h5-8H,1-4,9-10H2,(H,17,19). The summed E-state index contributed by atoms with van der Waals surface area (Å²) in [5.41, 5.74) is -0.528. The zero-order chi connectivity index (χ0) is 15.3. The van der Waals surface area contributed by atoms with Crippen LogP contribution in [-0.4, -0.2) is 10.8 Å². The molecule has 0 saturated heterocycles. The smallest absolute Gasteiger partial charge is 0.269 e. The summed E-state index contributed by atoms with van der Waals surface area (Å²) in [6.07, 6.45) is 5.00. The molecule has 6 heteroatoms. The van der Waals surface area contributed by atoms with E-state index in [-0.39, 0.29) is 11.6 Å². The van der Waals surface area contributed by atoms with Gasteiger partial charge in [-0.1, -0.05) is 25.7 Å². The monoisotopic (exact) mass is 287 g/mol. The Hall–Kier alpha value is -2.42. The van der Waals surface area contributed by atoms with Gasteiger partial charge < -0.3 is 5.32 Å². The van der Waals surface area contributed by atoms with Gasteiger partial charge in [-0.25, -0.2) is 0 Å². The van der Waals surface area contributed by atoms with Gasteiger partial charge in [-0.2, -0.15) is 5.26 Å².